The van der Waals surface area contributed by atoms with Gasteiger partial charge in [0.2, 0.25) is 0 Å². The number of hydrogen-bond acceptors (Lipinski definition) is 4. The van der Waals surface area contributed by atoms with Gasteiger partial charge in [0.1, 0.15) is 0 Å². The van der Waals surface area contributed by atoms with Crippen LogP contribution in [0.1, 0.15) is 40.9 Å². The van der Waals surface area contributed by atoms with Crippen LogP contribution < -0.4 is 0 Å². The van der Waals surface area contributed by atoms with Gasteiger partial charge >= 0.3 is 5.97 Å². The topological polar surface area (TPSA) is 78.7 Å². The Hall–Kier alpha value is -2.67. The molecule has 0 saturated carbocycles. The molecular weight excluding hydrogens is 356 g/mol. The molecule has 3 rings (SSSR count). The zero-order chi connectivity index (χ0) is 20.3. The van der Waals surface area contributed by atoms with Gasteiger partial charge < -0.3 is 10.0 Å². The Bertz CT molecular complexity index is 861. The lowest BCUT2D eigenvalue weighted by Crippen LogP contribution is -2.37. The second-order valence-corrected chi connectivity index (χ2v) is 7.58. The van der Waals surface area contributed by atoms with E-state index in [1.54, 1.807) is 6.20 Å². The molecule has 150 valence electrons. The van der Waals surface area contributed by atoms with Gasteiger partial charge in [-0.05, 0) is 57.9 Å². The normalized spacial score (nSPS) is 17.6. The number of amides is 1. The van der Waals surface area contributed by atoms with E-state index in [-0.39, 0.29) is 18.5 Å². The van der Waals surface area contributed by atoms with Crippen molar-refractivity contribution in [2.45, 2.75) is 39.2 Å². The largest absolute Gasteiger partial charge is 0.480 e. The quantitative estimate of drug-likeness (QED) is 0.857. The van der Waals surface area contributed by atoms with Crippen molar-refractivity contribution in [3.63, 3.8) is 0 Å². The van der Waals surface area contributed by atoms with E-state index < -0.39 is 5.97 Å². The van der Waals surface area contributed by atoms with Gasteiger partial charge in [-0.1, -0.05) is 12.1 Å². The summed E-state index contributed by atoms with van der Waals surface area (Å²) in [6.45, 7) is 5.29. The maximum Gasteiger partial charge on any atom is 0.317 e. The summed E-state index contributed by atoms with van der Waals surface area (Å²) in [5.74, 6) is -0.822. The van der Waals surface area contributed by atoms with Crippen LogP contribution in [0.5, 0.6) is 0 Å². The van der Waals surface area contributed by atoms with Crippen LogP contribution in [0.15, 0.2) is 30.5 Å². The summed E-state index contributed by atoms with van der Waals surface area (Å²) in [5, 5.41) is 13.4. The fourth-order valence-corrected chi connectivity index (χ4v) is 3.88. The van der Waals surface area contributed by atoms with Crippen LogP contribution in [0.3, 0.4) is 0 Å². The molecule has 1 aromatic heterocycles. The summed E-state index contributed by atoms with van der Waals surface area (Å²) < 4.78 is 1.81. The Kier molecular flexibility index (Phi) is 6.14. The molecule has 1 saturated heterocycles. The van der Waals surface area contributed by atoms with Gasteiger partial charge in [-0.2, -0.15) is 5.10 Å². The molecule has 1 fully saturated rings. The second-order valence-electron chi connectivity index (χ2n) is 7.58. The number of nitrogens with zero attached hydrogens (tertiary/aromatic N) is 4. The van der Waals surface area contributed by atoms with Crippen LogP contribution in [0.25, 0.3) is 5.69 Å². The van der Waals surface area contributed by atoms with E-state index in [1.807, 2.05) is 59.6 Å². The lowest BCUT2D eigenvalue weighted by atomic mass is 10.1. The number of rotatable bonds is 5. The van der Waals surface area contributed by atoms with Crippen LogP contribution in [0.2, 0.25) is 0 Å². The van der Waals surface area contributed by atoms with Crippen LogP contribution in [0, 0.1) is 13.8 Å². The number of carbonyl (C=O) groups excluding carboxylic acids is 1. The van der Waals surface area contributed by atoms with E-state index in [4.69, 9.17) is 5.11 Å². The van der Waals surface area contributed by atoms with Crippen molar-refractivity contribution >= 4 is 11.9 Å². The molecule has 1 aromatic carbocycles. The van der Waals surface area contributed by atoms with E-state index in [9.17, 15) is 9.59 Å². The molecule has 1 amide bonds. The minimum Gasteiger partial charge on any atom is -0.480 e. The van der Waals surface area contributed by atoms with Gasteiger partial charge in [0.05, 0.1) is 29.7 Å². The molecule has 7 nitrogen and oxygen atoms in total. The fraction of sp³-hybridized carbons (Fsp3) is 0.476. The fourth-order valence-electron chi connectivity index (χ4n) is 3.88. The predicted octanol–water partition coefficient (Wildman–Crippen LogP) is 2.50. The third-order valence-corrected chi connectivity index (χ3v) is 5.48. The van der Waals surface area contributed by atoms with Crippen molar-refractivity contribution in [1.82, 2.24) is 19.6 Å². The molecule has 0 bridgehead atoms. The van der Waals surface area contributed by atoms with E-state index in [0.717, 1.165) is 36.2 Å². The van der Waals surface area contributed by atoms with Crippen molar-refractivity contribution in [3.05, 3.63) is 47.3 Å². The molecule has 7 heteroatoms. The molecule has 1 aliphatic heterocycles. The molecule has 0 spiro atoms. The first-order valence-corrected chi connectivity index (χ1v) is 9.70. The predicted molar refractivity (Wildman–Crippen MR) is 107 cm³/mol. The highest BCUT2D eigenvalue weighted by Gasteiger charge is 2.26. The average molecular weight is 384 g/mol. The molecule has 2 aromatic rings. The van der Waals surface area contributed by atoms with E-state index in [0.29, 0.717) is 18.7 Å². The van der Waals surface area contributed by atoms with Crippen molar-refractivity contribution < 1.29 is 14.7 Å². The van der Waals surface area contributed by atoms with Gasteiger partial charge in [-0.25, -0.2) is 4.68 Å². The number of carboxylic acid groups (broad SMARTS) is 1. The van der Waals surface area contributed by atoms with Crippen molar-refractivity contribution in [1.29, 1.82) is 0 Å². The maximum atomic E-state index is 13.1. The third-order valence-electron chi connectivity index (χ3n) is 5.48. The summed E-state index contributed by atoms with van der Waals surface area (Å²) in [6.07, 6.45) is 4.19. The smallest absolute Gasteiger partial charge is 0.317 e. The van der Waals surface area contributed by atoms with Crippen molar-refractivity contribution in [2.75, 3.05) is 26.7 Å². The first-order valence-electron chi connectivity index (χ1n) is 9.70. The van der Waals surface area contributed by atoms with Crippen LogP contribution >= 0.6 is 0 Å². The summed E-state index contributed by atoms with van der Waals surface area (Å²) in [4.78, 5) is 27.8. The SMILES string of the molecule is Cc1cccc(-n2ncc(C(=O)N3CCCC(N(C)CC(=O)O)CC3)c2C)c1. The summed E-state index contributed by atoms with van der Waals surface area (Å²) >= 11 is 0. The van der Waals surface area contributed by atoms with Gasteiger partial charge in [-0.15, -0.1) is 0 Å². The number of carboxylic acids is 1. The van der Waals surface area contributed by atoms with Crippen LogP contribution in [0.4, 0.5) is 0 Å². The number of aryl methyl sites for hydroxylation is 1. The molecular formula is C21H28N4O3. The van der Waals surface area contributed by atoms with Crippen LogP contribution in [-0.2, 0) is 4.79 Å². The van der Waals surface area contributed by atoms with Gasteiger partial charge in [0, 0.05) is 19.1 Å². The Morgan fingerprint density at radius 2 is 2.04 bits per heavy atom. The number of benzene rings is 1. The van der Waals surface area contributed by atoms with Gasteiger partial charge in [0.15, 0.2) is 0 Å². The monoisotopic (exact) mass is 384 g/mol. The molecule has 1 aliphatic rings. The first kappa shape index (κ1) is 20.1. The summed E-state index contributed by atoms with van der Waals surface area (Å²) in [6, 6.07) is 8.23. The number of likely N-dealkylation sites (tertiary alicyclic amines) is 1. The Morgan fingerprint density at radius 3 is 2.75 bits per heavy atom. The zero-order valence-electron chi connectivity index (χ0n) is 16.8. The molecule has 1 atom stereocenters. The van der Waals surface area contributed by atoms with E-state index in [2.05, 4.69) is 5.10 Å². The minimum atomic E-state index is -0.820. The zero-order valence-corrected chi connectivity index (χ0v) is 16.8. The molecule has 1 N–H and O–H groups in total. The average Bonchev–Trinajstić information content (AvgIpc) is 2.87. The summed E-state index contributed by atoms with van der Waals surface area (Å²) in [5.41, 5.74) is 3.55. The number of aromatic nitrogens is 2. The maximum absolute atomic E-state index is 13.1. The molecule has 0 aliphatic carbocycles. The number of aliphatic carboxylic acids is 1. The molecule has 28 heavy (non-hydrogen) atoms. The molecule has 0 radical (unpaired) electrons. The summed E-state index contributed by atoms with van der Waals surface area (Å²) in [7, 11) is 1.84. The van der Waals surface area contributed by atoms with Crippen molar-refractivity contribution in [3.8, 4) is 5.69 Å². The third kappa shape index (κ3) is 4.42. The van der Waals surface area contributed by atoms with Crippen LogP contribution in [-0.4, -0.2) is 69.3 Å². The lowest BCUT2D eigenvalue weighted by Gasteiger charge is -2.25. The van der Waals surface area contributed by atoms with E-state index in [1.165, 1.54) is 0 Å². The lowest BCUT2D eigenvalue weighted by molar-refractivity contribution is -0.138. The molecule has 1 unspecified atom stereocenters. The highest BCUT2D eigenvalue weighted by atomic mass is 16.4. The standard InChI is InChI=1S/C21H28N4O3/c1-15-6-4-7-18(12-15)25-16(2)19(13-22-25)21(28)24-10-5-8-17(9-11-24)23(3)14-20(26)27/h4,6-7,12-13,17H,5,8-11,14H2,1-3H3,(H,26,27). The first-order chi connectivity index (χ1) is 13.4. The van der Waals surface area contributed by atoms with Gasteiger partial charge in [-0.3, -0.25) is 14.5 Å². The van der Waals surface area contributed by atoms with E-state index >= 15 is 0 Å². The number of hydrogen-bond donors (Lipinski definition) is 1. The molecule has 2 heterocycles. The number of carbonyl (C=O) groups is 2. The minimum absolute atomic E-state index is 0.00191. The highest BCUT2D eigenvalue weighted by Crippen LogP contribution is 2.20. The Labute approximate surface area is 165 Å². The number of likely N-dealkylation sites (N-methyl/N-ethyl adjacent to an activating group) is 1. The second kappa shape index (κ2) is 8.56. The van der Waals surface area contributed by atoms with Crippen molar-refractivity contribution in [2.24, 2.45) is 0 Å². The highest BCUT2D eigenvalue weighted by molar-refractivity contribution is 5.95. The Morgan fingerprint density at radius 1 is 1.25 bits per heavy atom. The Balaban J connectivity index is 1.72. The van der Waals surface area contributed by atoms with Gasteiger partial charge in [0.25, 0.3) is 5.91 Å².